The summed E-state index contributed by atoms with van der Waals surface area (Å²) in [5.41, 5.74) is -2.37. The number of benzene rings is 1. The third-order valence-corrected chi connectivity index (χ3v) is 7.95. The molecule has 184 valence electrons. The van der Waals surface area contributed by atoms with E-state index in [1.807, 2.05) is 18.9 Å². The molecule has 2 aliphatic heterocycles. The summed E-state index contributed by atoms with van der Waals surface area (Å²) in [4.78, 5) is 7.86. The summed E-state index contributed by atoms with van der Waals surface area (Å²) in [5, 5.41) is 12.2. The second-order valence-corrected chi connectivity index (χ2v) is 10.5. The van der Waals surface area contributed by atoms with E-state index in [2.05, 4.69) is 4.98 Å². The van der Waals surface area contributed by atoms with Crippen molar-refractivity contribution in [3.05, 3.63) is 59.4 Å². The SMILES string of the molecule is CN1CC(C)([C@](O)(c2ccc(C3(C(F)(F)F)CC3)cc2)c2cncc(N3C[C@@H](F)[C@@H](F)C3)c2)C1. The summed E-state index contributed by atoms with van der Waals surface area (Å²) in [5.74, 6) is 0. The predicted octanol–water partition coefficient (Wildman–Crippen LogP) is 4.36. The third kappa shape index (κ3) is 3.42. The number of aliphatic hydroxyl groups is 1. The van der Waals surface area contributed by atoms with Gasteiger partial charge in [0.25, 0.3) is 0 Å². The van der Waals surface area contributed by atoms with Gasteiger partial charge in [-0.2, -0.15) is 13.2 Å². The minimum atomic E-state index is -4.32. The monoisotopic (exact) mass is 481 g/mol. The molecule has 1 aliphatic carbocycles. The van der Waals surface area contributed by atoms with Crippen LogP contribution in [0.2, 0.25) is 0 Å². The highest BCUT2D eigenvalue weighted by atomic mass is 19.4. The van der Waals surface area contributed by atoms with E-state index >= 15 is 0 Å². The molecule has 3 fully saturated rings. The van der Waals surface area contributed by atoms with Crippen molar-refractivity contribution >= 4 is 5.69 Å². The van der Waals surface area contributed by atoms with Crippen LogP contribution < -0.4 is 4.90 Å². The minimum Gasteiger partial charge on any atom is -0.380 e. The van der Waals surface area contributed by atoms with Crippen LogP contribution in [0.3, 0.4) is 0 Å². The van der Waals surface area contributed by atoms with E-state index in [1.54, 1.807) is 23.1 Å². The number of likely N-dealkylation sites (tertiary alicyclic amines) is 1. The maximum atomic E-state index is 13.8. The molecule has 5 rings (SSSR count). The van der Waals surface area contributed by atoms with Gasteiger partial charge in [-0.3, -0.25) is 4.98 Å². The standard InChI is InChI=1S/C25H28F5N3O/c1-22(14-32(2)15-22)24(34,17-5-3-16(4-6-17)23(7-8-23)25(28,29)30)18-9-19(11-31-10-18)33-12-20(26)21(27)13-33/h3-6,9-11,20-21,34H,7-8,12-15H2,1-2H3/t20-,21+,24-/m0/s1. The van der Waals surface area contributed by atoms with Crippen molar-refractivity contribution in [2.45, 2.75) is 49.3 Å². The Kier molecular flexibility index (Phi) is 5.26. The quantitative estimate of drug-likeness (QED) is 0.645. The van der Waals surface area contributed by atoms with Crippen molar-refractivity contribution in [3.8, 4) is 0 Å². The summed E-state index contributed by atoms with van der Waals surface area (Å²) < 4.78 is 68.4. The zero-order valence-corrected chi connectivity index (χ0v) is 19.1. The molecule has 1 saturated carbocycles. The van der Waals surface area contributed by atoms with Crippen LogP contribution in [0.25, 0.3) is 0 Å². The largest absolute Gasteiger partial charge is 0.398 e. The summed E-state index contributed by atoms with van der Waals surface area (Å²) in [6.45, 7) is 2.85. The van der Waals surface area contributed by atoms with Gasteiger partial charge in [0.1, 0.15) is 5.60 Å². The number of pyridine rings is 1. The zero-order valence-electron chi connectivity index (χ0n) is 19.1. The number of halogens is 5. The Balaban J connectivity index is 1.54. The van der Waals surface area contributed by atoms with Crippen LogP contribution in [-0.2, 0) is 11.0 Å². The second-order valence-electron chi connectivity index (χ2n) is 10.5. The molecule has 2 saturated heterocycles. The maximum Gasteiger partial charge on any atom is 0.398 e. The van der Waals surface area contributed by atoms with Crippen molar-refractivity contribution in [2.75, 3.05) is 38.1 Å². The van der Waals surface area contributed by atoms with Gasteiger partial charge in [0.05, 0.1) is 30.4 Å². The Bertz CT molecular complexity index is 1050. The van der Waals surface area contributed by atoms with Crippen LogP contribution in [0, 0.1) is 5.41 Å². The highest BCUT2D eigenvalue weighted by Gasteiger charge is 2.64. The number of alkyl halides is 5. The molecule has 0 radical (unpaired) electrons. The molecule has 1 aromatic heterocycles. The first-order chi connectivity index (χ1) is 15.9. The fraction of sp³-hybridized carbons (Fsp3) is 0.560. The van der Waals surface area contributed by atoms with Crippen LogP contribution in [0.4, 0.5) is 27.6 Å². The number of rotatable bonds is 5. The first-order valence-corrected chi connectivity index (χ1v) is 11.5. The second kappa shape index (κ2) is 7.62. The molecule has 2 aromatic rings. The van der Waals surface area contributed by atoms with Gasteiger partial charge in [0.2, 0.25) is 0 Å². The van der Waals surface area contributed by atoms with Gasteiger partial charge in [0.15, 0.2) is 12.3 Å². The smallest absolute Gasteiger partial charge is 0.380 e. The summed E-state index contributed by atoms with van der Waals surface area (Å²) in [6.07, 6.45) is -4.33. The number of aromatic nitrogens is 1. The van der Waals surface area contributed by atoms with Crippen LogP contribution in [-0.4, -0.2) is 66.7 Å². The maximum absolute atomic E-state index is 13.8. The van der Waals surface area contributed by atoms with Gasteiger partial charge >= 0.3 is 6.18 Å². The molecule has 0 spiro atoms. The normalized spacial score (nSPS) is 27.8. The van der Waals surface area contributed by atoms with Crippen molar-refractivity contribution in [2.24, 2.45) is 5.41 Å². The lowest BCUT2D eigenvalue weighted by Crippen LogP contribution is -2.63. The molecule has 4 nitrogen and oxygen atoms in total. The zero-order chi connectivity index (χ0) is 24.5. The number of hydrogen-bond donors (Lipinski definition) is 1. The van der Waals surface area contributed by atoms with E-state index in [-0.39, 0.29) is 31.5 Å². The lowest BCUT2D eigenvalue weighted by atomic mass is 9.62. The van der Waals surface area contributed by atoms with Crippen molar-refractivity contribution in [1.29, 1.82) is 0 Å². The lowest BCUT2D eigenvalue weighted by molar-refractivity contribution is -0.160. The fourth-order valence-corrected chi connectivity index (χ4v) is 5.86. The molecule has 3 aliphatic rings. The Labute approximate surface area is 195 Å². The topological polar surface area (TPSA) is 39.6 Å². The highest BCUT2D eigenvalue weighted by Crippen LogP contribution is 2.59. The van der Waals surface area contributed by atoms with Gasteiger partial charge in [-0.25, -0.2) is 8.78 Å². The van der Waals surface area contributed by atoms with Gasteiger partial charge in [-0.05, 0) is 37.1 Å². The Morgan fingerprint density at radius 2 is 1.56 bits per heavy atom. The first kappa shape index (κ1) is 23.5. The Morgan fingerprint density at radius 3 is 2.06 bits per heavy atom. The molecule has 0 bridgehead atoms. The average Bonchev–Trinajstić information content (AvgIpc) is 3.53. The van der Waals surface area contributed by atoms with E-state index in [9.17, 15) is 27.1 Å². The van der Waals surface area contributed by atoms with Gasteiger partial charge in [-0.1, -0.05) is 31.2 Å². The van der Waals surface area contributed by atoms with Crippen LogP contribution in [0.5, 0.6) is 0 Å². The van der Waals surface area contributed by atoms with E-state index in [4.69, 9.17) is 0 Å². The van der Waals surface area contributed by atoms with Crippen LogP contribution in [0.15, 0.2) is 42.7 Å². The number of anilines is 1. The molecular formula is C25H28F5N3O. The molecular weight excluding hydrogens is 453 g/mol. The van der Waals surface area contributed by atoms with Crippen LogP contribution >= 0.6 is 0 Å². The van der Waals surface area contributed by atoms with Gasteiger partial charge in [0, 0.05) is 30.3 Å². The van der Waals surface area contributed by atoms with Crippen LogP contribution in [0.1, 0.15) is 36.5 Å². The van der Waals surface area contributed by atoms with Crippen molar-refractivity contribution in [1.82, 2.24) is 9.88 Å². The lowest BCUT2D eigenvalue weighted by Gasteiger charge is -2.56. The summed E-state index contributed by atoms with van der Waals surface area (Å²) >= 11 is 0. The Hall–Kier alpha value is -2.26. The summed E-state index contributed by atoms with van der Waals surface area (Å²) in [7, 11) is 1.92. The number of hydrogen-bond acceptors (Lipinski definition) is 4. The molecule has 1 N–H and O–H groups in total. The minimum absolute atomic E-state index is 0.0650. The molecule has 3 atom stereocenters. The van der Waals surface area contributed by atoms with Gasteiger partial charge in [-0.15, -0.1) is 0 Å². The molecule has 0 amide bonds. The Morgan fingerprint density at radius 1 is 0.971 bits per heavy atom. The molecule has 3 heterocycles. The molecule has 0 unspecified atom stereocenters. The average molecular weight is 482 g/mol. The number of nitrogens with zero attached hydrogens (tertiary/aromatic N) is 3. The summed E-state index contributed by atoms with van der Waals surface area (Å²) in [6, 6.07) is 7.76. The van der Waals surface area contributed by atoms with E-state index in [0.29, 0.717) is 29.9 Å². The van der Waals surface area contributed by atoms with E-state index < -0.39 is 35.0 Å². The van der Waals surface area contributed by atoms with Crippen molar-refractivity contribution < 1.29 is 27.1 Å². The third-order valence-electron chi connectivity index (χ3n) is 7.95. The molecule has 9 heteroatoms. The predicted molar refractivity (Wildman–Crippen MR) is 118 cm³/mol. The molecule has 34 heavy (non-hydrogen) atoms. The van der Waals surface area contributed by atoms with E-state index in [0.717, 1.165) is 0 Å². The molecule has 1 aromatic carbocycles. The van der Waals surface area contributed by atoms with Crippen molar-refractivity contribution in [3.63, 3.8) is 0 Å². The highest BCUT2D eigenvalue weighted by molar-refractivity contribution is 5.52. The van der Waals surface area contributed by atoms with E-state index in [1.165, 1.54) is 24.5 Å². The van der Waals surface area contributed by atoms with Gasteiger partial charge < -0.3 is 14.9 Å². The fourth-order valence-electron chi connectivity index (χ4n) is 5.86. The first-order valence-electron chi connectivity index (χ1n) is 11.5.